The number of carbonyl (C=O) groups excluding carboxylic acids is 2. The average molecular weight is 438 g/mol. The highest BCUT2D eigenvalue weighted by Crippen LogP contribution is 2.41. The van der Waals surface area contributed by atoms with Crippen molar-refractivity contribution in [1.29, 1.82) is 0 Å². The van der Waals surface area contributed by atoms with Crippen LogP contribution in [-0.2, 0) is 16.1 Å². The summed E-state index contributed by atoms with van der Waals surface area (Å²) in [7, 11) is 2.21. The molecule has 3 heterocycles. The monoisotopic (exact) mass is 437 g/mol. The van der Waals surface area contributed by atoms with E-state index < -0.39 is 0 Å². The number of allylic oxidation sites excluding steroid dienone is 2. The third kappa shape index (κ3) is 3.26. The first-order valence-corrected chi connectivity index (χ1v) is 11.8. The molecule has 0 bridgehead atoms. The molecule has 1 unspecified atom stereocenters. The van der Waals surface area contributed by atoms with Crippen LogP contribution in [0.2, 0.25) is 0 Å². The second-order valence-corrected chi connectivity index (χ2v) is 9.34. The van der Waals surface area contributed by atoms with E-state index in [2.05, 4.69) is 39.8 Å². The summed E-state index contributed by atoms with van der Waals surface area (Å²) in [5, 5.41) is 2.01. The van der Waals surface area contributed by atoms with Gasteiger partial charge in [0, 0.05) is 69.1 Å². The Balaban J connectivity index is 1.50. The van der Waals surface area contributed by atoms with E-state index in [0.717, 1.165) is 45.9 Å². The molecule has 0 amide bonds. The summed E-state index contributed by atoms with van der Waals surface area (Å²) in [6.45, 7) is 2.06. The van der Waals surface area contributed by atoms with Crippen molar-refractivity contribution in [3.63, 3.8) is 0 Å². The Kier molecular flexibility index (Phi) is 4.80. The summed E-state index contributed by atoms with van der Waals surface area (Å²) in [6.07, 6.45) is 7.49. The smallest absolute Gasteiger partial charge is 0.172 e. The van der Waals surface area contributed by atoms with E-state index in [-0.39, 0.29) is 18.0 Å². The Morgan fingerprint density at radius 3 is 2.45 bits per heavy atom. The SMILES string of the molecule is CN1CCCC1CCn1cc(C2=C(c3c[nH]c4ccccc34)C(=O)CC2=O)c2ccccc21. The predicted octanol–water partition coefficient (Wildman–Crippen LogP) is 5.06. The minimum atomic E-state index is -0.0934. The third-order valence-electron chi connectivity index (χ3n) is 7.42. The normalized spacial score (nSPS) is 19.6. The van der Waals surface area contributed by atoms with E-state index in [0.29, 0.717) is 17.2 Å². The molecule has 1 saturated heterocycles. The number of nitrogens with zero attached hydrogens (tertiary/aromatic N) is 2. The molecule has 5 nitrogen and oxygen atoms in total. The van der Waals surface area contributed by atoms with Gasteiger partial charge in [0.05, 0.1) is 6.42 Å². The van der Waals surface area contributed by atoms with E-state index in [1.165, 1.54) is 19.4 Å². The fraction of sp³-hybridized carbons (Fsp3) is 0.286. The largest absolute Gasteiger partial charge is 0.361 e. The van der Waals surface area contributed by atoms with Crippen molar-refractivity contribution in [3.05, 3.63) is 72.1 Å². The predicted molar refractivity (Wildman–Crippen MR) is 132 cm³/mol. The maximum absolute atomic E-state index is 13.2. The molecule has 2 aliphatic rings. The molecule has 4 aromatic rings. The molecule has 5 heteroatoms. The summed E-state index contributed by atoms with van der Waals surface area (Å²) < 4.78 is 2.27. The Bertz CT molecular complexity index is 1440. The molecule has 0 saturated carbocycles. The number of hydrogen-bond donors (Lipinski definition) is 1. The number of H-pyrrole nitrogens is 1. The maximum atomic E-state index is 13.2. The molecular formula is C28H27N3O2. The summed E-state index contributed by atoms with van der Waals surface area (Å²) in [5.41, 5.74) is 4.90. The second-order valence-electron chi connectivity index (χ2n) is 9.34. The highest BCUT2D eigenvalue weighted by molar-refractivity contribution is 6.52. The van der Waals surface area contributed by atoms with Crippen LogP contribution in [0.5, 0.6) is 0 Å². The van der Waals surface area contributed by atoms with Gasteiger partial charge in [0.15, 0.2) is 11.6 Å². The van der Waals surface area contributed by atoms with Gasteiger partial charge in [-0.3, -0.25) is 9.59 Å². The van der Waals surface area contributed by atoms with E-state index in [1.54, 1.807) is 0 Å². The number of carbonyl (C=O) groups is 2. The van der Waals surface area contributed by atoms with Crippen molar-refractivity contribution >= 4 is 44.5 Å². The zero-order valence-electron chi connectivity index (χ0n) is 18.8. The quantitative estimate of drug-likeness (QED) is 0.444. The topological polar surface area (TPSA) is 58.1 Å². The standard InChI is InChI=1S/C28H27N3O2/c1-30-13-6-7-18(30)12-14-31-17-22(20-9-3-5-11-24(20)31)28-26(33)15-25(32)27(28)21-16-29-23-10-4-2-8-19(21)23/h2-5,8-11,16-18,29H,6-7,12-15H2,1H3. The molecule has 2 aromatic heterocycles. The minimum absolute atomic E-state index is 0.0590. The lowest BCUT2D eigenvalue weighted by molar-refractivity contribution is -0.119. The molecule has 6 rings (SSSR count). The van der Waals surface area contributed by atoms with E-state index in [9.17, 15) is 9.59 Å². The fourth-order valence-electron chi connectivity index (χ4n) is 5.71. The van der Waals surface area contributed by atoms with Gasteiger partial charge in [-0.25, -0.2) is 0 Å². The van der Waals surface area contributed by atoms with Crippen molar-refractivity contribution in [2.45, 2.75) is 38.3 Å². The summed E-state index contributed by atoms with van der Waals surface area (Å²) in [4.78, 5) is 32.0. The number of aromatic nitrogens is 2. The molecule has 1 N–H and O–H groups in total. The number of aryl methyl sites for hydroxylation is 1. The van der Waals surface area contributed by atoms with Crippen LogP contribution in [-0.4, -0.2) is 45.7 Å². The summed E-state index contributed by atoms with van der Waals surface area (Å²) >= 11 is 0. The lowest BCUT2D eigenvalue weighted by Crippen LogP contribution is -2.25. The number of ketones is 2. The minimum Gasteiger partial charge on any atom is -0.361 e. The molecule has 1 aliphatic carbocycles. The van der Waals surface area contributed by atoms with Crippen LogP contribution in [0.25, 0.3) is 33.0 Å². The maximum Gasteiger partial charge on any atom is 0.172 e. The third-order valence-corrected chi connectivity index (χ3v) is 7.42. The number of nitrogens with one attached hydrogen (secondary N) is 1. The second kappa shape index (κ2) is 7.85. The molecule has 166 valence electrons. The van der Waals surface area contributed by atoms with E-state index >= 15 is 0 Å². The Morgan fingerprint density at radius 2 is 1.67 bits per heavy atom. The molecule has 1 aliphatic heterocycles. The van der Waals surface area contributed by atoms with Crippen LogP contribution in [0.3, 0.4) is 0 Å². The lowest BCUT2D eigenvalue weighted by Gasteiger charge is -2.19. The number of likely N-dealkylation sites (tertiary alicyclic amines) is 1. The fourth-order valence-corrected chi connectivity index (χ4v) is 5.71. The van der Waals surface area contributed by atoms with Crippen molar-refractivity contribution in [1.82, 2.24) is 14.5 Å². The van der Waals surface area contributed by atoms with Gasteiger partial charge in [0.25, 0.3) is 0 Å². The van der Waals surface area contributed by atoms with Gasteiger partial charge in [-0.15, -0.1) is 0 Å². The zero-order valence-corrected chi connectivity index (χ0v) is 18.8. The van der Waals surface area contributed by atoms with Gasteiger partial charge in [-0.2, -0.15) is 0 Å². The van der Waals surface area contributed by atoms with Gasteiger partial charge in [0.2, 0.25) is 0 Å². The van der Waals surface area contributed by atoms with E-state index in [4.69, 9.17) is 0 Å². The molecule has 0 radical (unpaired) electrons. The van der Waals surface area contributed by atoms with Crippen LogP contribution < -0.4 is 0 Å². The number of para-hydroxylation sites is 2. The molecule has 1 fully saturated rings. The first-order chi connectivity index (χ1) is 16.1. The van der Waals surface area contributed by atoms with Crippen LogP contribution >= 0.6 is 0 Å². The highest BCUT2D eigenvalue weighted by atomic mass is 16.2. The highest BCUT2D eigenvalue weighted by Gasteiger charge is 2.35. The van der Waals surface area contributed by atoms with Gasteiger partial charge >= 0.3 is 0 Å². The van der Waals surface area contributed by atoms with Crippen molar-refractivity contribution in [3.8, 4) is 0 Å². The zero-order chi connectivity index (χ0) is 22.5. The molecule has 2 aromatic carbocycles. The van der Waals surface area contributed by atoms with Crippen molar-refractivity contribution < 1.29 is 9.59 Å². The van der Waals surface area contributed by atoms with Crippen LogP contribution in [0.4, 0.5) is 0 Å². The Labute approximate surface area is 192 Å². The van der Waals surface area contributed by atoms with Crippen molar-refractivity contribution in [2.75, 3.05) is 13.6 Å². The van der Waals surface area contributed by atoms with Crippen molar-refractivity contribution in [2.24, 2.45) is 0 Å². The Morgan fingerprint density at radius 1 is 0.939 bits per heavy atom. The molecule has 0 spiro atoms. The Hall–Kier alpha value is -3.44. The first-order valence-electron chi connectivity index (χ1n) is 11.8. The number of fused-ring (bicyclic) bond motifs is 2. The summed E-state index contributed by atoms with van der Waals surface area (Å²) in [5.74, 6) is -0.178. The number of Topliss-reactive ketones (excluding diaryl/α,β-unsaturated/α-hetero) is 2. The first kappa shape index (κ1) is 20.2. The van der Waals surface area contributed by atoms with Gasteiger partial charge in [0.1, 0.15) is 0 Å². The molecule has 1 atom stereocenters. The van der Waals surface area contributed by atoms with Crippen LogP contribution in [0.15, 0.2) is 60.9 Å². The number of aromatic amines is 1. The molecule has 33 heavy (non-hydrogen) atoms. The van der Waals surface area contributed by atoms with Crippen LogP contribution in [0, 0.1) is 0 Å². The number of rotatable bonds is 5. The number of hydrogen-bond acceptors (Lipinski definition) is 3. The average Bonchev–Trinajstić information content (AvgIpc) is 3.57. The van der Waals surface area contributed by atoms with Crippen LogP contribution in [0.1, 0.15) is 36.8 Å². The molecular weight excluding hydrogens is 410 g/mol. The van der Waals surface area contributed by atoms with E-state index in [1.807, 2.05) is 42.6 Å². The van der Waals surface area contributed by atoms with Gasteiger partial charge in [-0.05, 0) is 45.0 Å². The summed E-state index contributed by atoms with van der Waals surface area (Å²) in [6, 6.07) is 16.8. The van der Waals surface area contributed by atoms with Gasteiger partial charge < -0.3 is 14.5 Å². The lowest BCUT2D eigenvalue weighted by atomic mass is 9.95. The number of benzene rings is 2. The van der Waals surface area contributed by atoms with Gasteiger partial charge in [-0.1, -0.05) is 36.4 Å².